The van der Waals surface area contributed by atoms with Crippen LogP contribution in [-0.4, -0.2) is 44.4 Å². The van der Waals surface area contributed by atoms with E-state index in [4.69, 9.17) is 15.2 Å². The van der Waals surface area contributed by atoms with Gasteiger partial charge in [0, 0.05) is 40.4 Å². The number of rotatable bonds is 5. The number of methoxy groups -OCH3 is 2. The van der Waals surface area contributed by atoms with Gasteiger partial charge in [-0.1, -0.05) is 6.07 Å². The standard InChI is InChI=1S/C14H21FN2O2/c1-18-13-8-17(9-14(13)19-2)7-10-3-4-12(15)5-11(10)6-16/h3-5,13-14H,6-9,16H2,1-2H3. The molecule has 1 saturated heterocycles. The van der Waals surface area contributed by atoms with E-state index in [1.807, 2.05) is 0 Å². The van der Waals surface area contributed by atoms with E-state index in [0.29, 0.717) is 6.54 Å². The fraction of sp³-hybridized carbons (Fsp3) is 0.571. The SMILES string of the molecule is COC1CN(Cc2ccc(F)cc2CN)CC1OC. The van der Waals surface area contributed by atoms with Gasteiger partial charge in [-0.3, -0.25) is 4.90 Å². The van der Waals surface area contributed by atoms with Crippen LogP contribution in [0.4, 0.5) is 4.39 Å². The lowest BCUT2D eigenvalue weighted by molar-refractivity contribution is -0.00461. The van der Waals surface area contributed by atoms with Crippen molar-refractivity contribution < 1.29 is 13.9 Å². The highest BCUT2D eigenvalue weighted by molar-refractivity contribution is 5.28. The van der Waals surface area contributed by atoms with Crippen LogP contribution in [0.25, 0.3) is 0 Å². The second-order valence-electron chi connectivity index (χ2n) is 4.86. The Kier molecular flexibility index (Phi) is 4.87. The molecule has 1 fully saturated rings. The van der Waals surface area contributed by atoms with Crippen LogP contribution in [0, 0.1) is 5.82 Å². The zero-order chi connectivity index (χ0) is 13.8. The molecule has 0 aliphatic carbocycles. The molecule has 1 aromatic carbocycles. The van der Waals surface area contributed by atoms with Gasteiger partial charge in [0.15, 0.2) is 0 Å². The van der Waals surface area contributed by atoms with E-state index in [-0.39, 0.29) is 18.0 Å². The summed E-state index contributed by atoms with van der Waals surface area (Å²) in [5.41, 5.74) is 7.59. The molecule has 19 heavy (non-hydrogen) atoms. The van der Waals surface area contributed by atoms with E-state index in [0.717, 1.165) is 30.8 Å². The van der Waals surface area contributed by atoms with Gasteiger partial charge in [-0.25, -0.2) is 4.39 Å². The van der Waals surface area contributed by atoms with Crippen molar-refractivity contribution in [1.29, 1.82) is 0 Å². The number of nitrogens with zero attached hydrogens (tertiary/aromatic N) is 1. The van der Waals surface area contributed by atoms with Crippen molar-refractivity contribution in [2.45, 2.75) is 25.3 Å². The Morgan fingerprint density at radius 3 is 2.37 bits per heavy atom. The third-order valence-corrected chi connectivity index (χ3v) is 3.68. The van der Waals surface area contributed by atoms with Crippen molar-refractivity contribution in [3.8, 4) is 0 Å². The molecule has 1 heterocycles. The van der Waals surface area contributed by atoms with Crippen molar-refractivity contribution in [2.75, 3.05) is 27.3 Å². The van der Waals surface area contributed by atoms with Crippen molar-refractivity contribution >= 4 is 0 Å². The minimum absolute atomic E-state index is 0.0896. The van der Waals surface area contributed by atoms with Crippen LogP contribution < -0.4 is 5.73 Å². The van der Waals surface area contributed by atoms with Crippen LogP contribution in [0.15, 0.2) is 18.2 Å². The van der Waals surface area contributed by atoms with Crippen molar-refractivity contribution in [3.63, 3.8) is 0 Å². The quantitative estimate of drug-likeness (QED) is 0.869. The van der Waals surface area contributed by atoms with Gasteiger partial charge in [-0.15, -0.1) is 0 Å². The Hall–Kier alpha value is -1.01. The van der Waals surface area contributed by atoms with E-state index < -0.39 is 0 Å². The molecule has 1 aliphatic heterocycles. The topological polar surface area (TPSA) is 47.7 Å². The Balaban J connectivity index is 2.06. The van der Waals surface area contributed by atoms with Crippen LogP contribution in [0.2, 0.25) is 0 Å². The first-order valence-corrected chi connectivity index (χ1v) is 6.43. The first-order chi connectivity index (χ1) is 9.17. The summed E-state index contributed by atoms with van der Waals surface area (Å²) in [5.74, 6) is -0.241. The van der Waals surface area contributed by atoms with Crippen molar-refractivity contribution in [3.05, 3.63) is 35.1 Å². The summed E-state index contributed by atoms with van der Waals surface area (Å²) in [6, 6.07) is 4.79. The van der Waals surface area contributed by atoms with Crippen molar-refractivity contribution in [1.82, 2.24) is 4.90 Å². The molecular weight excluding hydrogens is 247 g/mol. The number of likely N-dealkylation sites (tertiary alicyclic amines) is 1. The van der Waals surface area contributed by atoms with Gasteiger partial charge >= 0.3 is 0 Å². The van der Waals surface area contributed by atoms with E-state index in [1.165, 1.54) is 12.1 Å². The summed E-state index contributed by atoms with van der Waals surface area (Å²) in [7, 11) is 3.40. The summed E-state index contributed by atoms with van der Waals surface area (Å²) in [4.78, 5) is 2.24. The van der Waals surface area contributed by atoms with E-state index in [2.05, 4.69) is 4.90 Å². The molecular formula is C14H21FN2O2. The minimum atomic E-state index is -0.241. The number of nitrogens with two attached hydrogens (primary N) is 1. The average Bonchev–Trinajstić information content (AvgIpc) is 2.82. The third-order valence-electron chi connectivity index (χ3n) is 3.68. The van der Waals surface area contributed by atoms with Crippen LogP contribution in [0.1, 0.15) is 11.1 Å². The molecule has 1 aromatic rings. The molecule has 0 aromatic heterocycles. The highest BCUT2D eigenvalue weighted by Gasteiger charge is 2.32. The fourth-order valence-electron chi connectivity index (χ4n) is 2.58. The molecule has 4 nitrogen and oxygen atoms in total. The summed E-state index contributed by atoms with van der Waals surface area (Å²) >= 11 is 0. The molecule has 0 saturated carbocycles. The summed E-state index contributed by atoms with van der Waals surface area (Å²) in [6.45, 7) is 2.72. The maximum Gasteiger partial charge on any atom is 0.123 e. The maximum atomic E-state index is 13.2. The van der Waals surface area contributed by atoms with Crippen molar-refractivity contribution in [2.24, 2.45) is 5.73 Å². The molecule has 0 amide bonds. The molecule has 0 radical (unpaired) electrons. The number of hydrogen-bond acceptors (Lipinski definition) is 4. The highest BCUT2D eigenvalue weighted by atomic mass is 19.1. The lowest BCUT2D eigenvalue weighted by Gasteiger charge is -2.17. The van der Waals surface area contributed by atoms with Crippen LogP contribution in [0.5, 0.6) is 0 Å². The normalized spacial score (nSPS) is 24.0. The second kappa shape index (κ2) is 6.43. The first-order valence-electron chi connectivity index (χ1n) is 6.43. The van der Waals surface area contributed by atoms with E-state index in [9.17, 15) is 4.39 Å². The molecule has 2 N–H and O–H groups in total. The molecule has 1 aliphatic rings. The van der Waals surface area contributed by atoms with Gasteiger partial charge < -0.3 is 15.2 Å². The summed E-state index contributed by atoms with van der Waals surface area (Å²) < 4.78 is 24.0. The van der Waals surface area contributed by atoms with Gasteiger partial charge in [0.05, 0.1) is 12.2 Å². The van der Waals surface area contributed by atoms with E-state index >= 15 is 0 Å². The summed E-state index contributed by atoms with van der Waals surface area (Å²) in [6.07, 6.45) is 0.179. The Morgan fingerprint density at radius 1 is 1.21 bits per heavy atom. The molecule has 2 unspecified atom stereocenters. The van der Waals surface area contributed by atoms with Crippen LogP contribution >= 0.6 is 0 Å². The predicted octanol–water partition coefficient (Wildman–Crippen LogP) is 1.13. The average molecular weight is 268 g/mol. The zero-order valence-corrected chi connectivity index (χ0v) is 11.4. The number of halogens is 1. The monoisotopic (exact) mass is 268 g/mol. The first kappa shape index (κ1) is 14.4. The van der Waals surface area contributed by atoms with Gasteiger partial charge in [0.1, 0.15) is 5.82 Å². The van der Waals surface area contributed by atoms with Gasteiger partial charge in [0.2, 0.25) is 0 Å². The molecule has 0 spiro atoms. The second-order valence-corrected chi connectivity index (χ2v) is 4.86. The van der Waals surface area contributed by atoms with Gasteiger partial charge in [0.25, 0.3) is 0 Å². The van der Waals surface area contributed by atoms with E-state index in [1.54, 1.807) is 20.3 Å². The predicted molar refractivity (Wildman–Crippen MR) is 71.2 cm³/mol. The molecule has 2 rings (SSSR count). The Labute approximate surface area is 113 Å². The largest absolute Gasteiger partial charge is 0.377 e. The fourth-order valence-corrected chi connectivity index (χ4v) is 2.58. The molecule has 106 valence electrons. The number of benzene rings is 1. The summed E-state index contributed by atoms with van der Waals surface area (Å²) in [5, 5.41) is 0. The zero-order valence-electron chi connectivity index (χ0n) is 11.4. The minimum Gasteiger partial charge on any atom is -0.377 e. The molecule has 2 atom stereocenters. The Morgan fingerprint density at radius 2 is 1.84 bits per heavy atom. The lowest BCUT2D eigenvalue weighted by Crippen LogP contribution is -2.27. The number of hydrogen-bond donors (Lipinski definition) is 1. The molecule has 0 bridgehead atoms. The number of ether oxygens (including phenoxy) is 2. The maximum absolute atomic E-state index is 13.2. The third kappa shape index (κ3) is 3.30. The Bertz CT molecular complexity index is 416. The van der Waals surface area contributed by atoms with Crippen LogP contribution in [-0.2, 0) is 22.6 Å². The molecule has 5 heteroatoms. The van der Waals surface area contributed by atoms with Gasteiger partial charge in [-0.2, -0.15) is 0 Å². The smallest absolute Gasteiger partial charge is 0.123 e. The van der Waals surface area contributed by atoms with Crippen LogP contribution in [0.3, 0.4) is 0 Å². The van der Waals surface area contributed by atoms with Gasteiger partial charge in [-0.05, 0) is 23.3 Å². The highest BCUT2D eigenvalue weighted by Crippen LogP contribution is 2.20. The lowest BCUT2D eigenvalue weighted by atomic mass is 10.1.